The Labute approximate surface area is 126 Å². The predicted molar refractivity (Wildman–Crippen MR) is 81.5 cm³/mol. The first-order chi connectivity index (χ1) is 10.0. The van der Waals surface area contributed by atoms with Gasteiger partial charge in [-0.3, -0.25) is 4.79 Å². The smallest absolute Gasteiger partial charge is 0.259 e. The number of hydrogen-bond donors (Lipinski definition) is 2. The van der Waals surface area contributed by atoms with Crippen LogP contribution in [-0.2, 0) is 0 Å². The number of anilines is 2. The summed E-state index contributed by atoms with van der Waals surface area (Å²) in [5.41, 5.74) is 7.28. The average molecular weight is 302 g/mol. The zero-order valence-corrected chi connectivity index (χ0v) is 11.9. The molecule has 5 nitrogen and oxygen atoms in total. The molecule has 3 N–H and O–H groups in total. The Hall–Kier alpha value is -2.71. The highest BCUT2D eigenvalue weighted by Gasteiger charge is 2.13. The summed E-state index contributed by atoms with van der Waals surface area (Å²) in [6.07, 6.45) is 0. The van der Waals surface area contributed by atoms with E-state index in [1.165, 1.54) is 25.3 Å². The van der Waals surface area contributed by atoms with Crippen LogP contribution in [0.5, 0.6) is 5.75 Å². The highest BCUT2D eigenvalue weighted by molar-refractivity contribution is 6.32. The molecule has 21 heavy (non-hydrogen) atoms. The van der Waals surface area contributed by atoms with Crippen molar-refractivity contribution in [3.8, 4) is 11.8 Å². The molecule has 0 heterocycles. The molecular weight excluding hydrogens is 290 g/mol. The molecule has 1 amide bonds. The van der Waals surface area contributed by atoms with Gasteiger partial charge in [0.15, 0.2) is 0 Å². The number of nitrogens with zero attached hydrogens (tertiary/aromatic N) is 1. The number of nitriles is 1. The SMILES string of the molecule is COc1ccc(N)cc1C(=O)Nc1ccc(C#N)c(Cl)c1. The molecule has 106 valence electrons. The molecule has 0 radical (unpaired) electrons. The van der Waals surface area contributed by atoms with Gasteiger partial charge in [0.1, 0.15) is 11.8 Å². The molecule has 0 aliphatic rings. The van der Waals surface area contributed by atoms with E-state index in [2.05, 4.69) is 5.32 Å². The minimum absolute atomic E-state index is 0.273. The number of ether oxygens (including phenoxy) is 1. The number of hydrogen-bond acceptors (Lipinski definition) is 4. The second kappa shape index (κ2) is 6.16. The molecule has 0 unspecified atom stereocenters. The van der Waals surface area contributed by atoms with Crippen molar-refractivity contribution >= 4 is 28.9 Å². The number of nitrogens with two attached hydrogens (primary N) is 1. The number of rotatable bonds is 3. The molecule has 2 rings (SSSR count). The number of nitrogen functional groups attached to an aromatic ring is 1. The molecular formula is C15H12ClN3O2. The van der Waals surface area contributed by atoms with Crippen molar-refractivity contribution in [2.45, 2.75) is 0 Å². The summed E-state index contributed by atoms with van der Waals surface area (Å²) in [5, 5.41) is 11.8. The Morgan fingerprint density at radius 2 is 2.10 bits per heavy atom. The quantitative estimate of drug-likeness (QED) is 0.853. The van der Waals surface area contributed by atoms with Crippen molar-refractivity contribution in [1.82, 2.24) is 0 Å². The maximum Gasteiger partial charge on any atom is 0.259 e. The molecule has 2 aromatic rings. The third-order valence-corrected chi connectivity index (χ3v) is 3.13. The number of nitrogens with one attached hydrogen (secondary N) is 1. The van der Waals surface area contributed by atoms with Gasteiger partial charge in [-0.05, 0) is 36.4 Å². The van der Waals surface area contributed by atoms with Crippen LogP contribution in [0.25, 0.3) is 0 Å². The third-order valence-electron chi connectivity index (χ3n) is 2.82. The maximum atomic E-state index is 12.3. The Morgan fingerprint density at radius 3 is 2.71 bits per heavy atom. The summed E-state index contributed by atoms with van der Waals surface area (Å²) in [6.45, 7) is 0. The van der Waals surface area contributed by atoms with Gasteiger partial charge in [0.2, 0.25) is 0 Å². The molecule has 0 spiro atoms. The van der Waals surface area contributed by atoms with Crippen LogP contribution in [0.3, 0.4) is 0 Å². The maximum absolute atomic E-state index is 12.3. The molecule has 0 fully saturated rings. The second-order valence-electron chi connectivity index (χ2n) is 4.22. The first-order valence-electron chi connectivity index (χ1n) is 5.99. The van der Waals surface area contributed by atoms with Gasteiger partial charge in [-0.25, -0.2) is 0 Å². The summed E-state index contributed by atoms with van der Waals surface area (Å²) in [4.78, 5) is 12.3. The Morgan fingerprint density at radius 1 is 1.33 bits per heavy atom. The van der Waals surface area contributed by atoms with E-state index in [1.807, 2.05) is 6.07 Å². The number of benzene rings is 2. The lowest BCUT2D eigenvalue weighted by atomic mass is 10.1. The van der Waals surface area contributed by atoms with Gasteiger partial charge in [0, 0.05) is 11.4 Å². The van der Waals surface area contributed by atoms with Crippen LogP contribution in [0.2, 0.25) is 5.02 Å². The second-order valence-corrected chi connectivity index (χ2v) is 4.63. The van der Waals surface area contributed by atoms with Crippen molar-refractivity contribution in [2.75, 3.05) is 18.2 Å². The van der Waals surface area contributed by atoms with Gasteiger partial charge in [-0.15, -0.1) is 0 Å². The molecule has 0 atom stereocenters. The van der Waals surface area contributed by atoms with Crippen LogP contribution in [0.15, 0.2) is 36.4 Å². The number of amides is 1. The predicted octanol–water partition coefficient (Wildman–Crippen LogP) is 3.05. The number of carbonyl (C=O) groups excluding carboxylic acids is 1. The van der Waals surface area contributed by atoms with E-state index >= 15 is 0 Å². The fourth-order valence-electron chi connectivity index (χ4n) is 1.79. The monoisotopic (exact) mass is 301 g/mol. The standard InChI is InChI=1S/C15H12ClN3O2/c1-21-14-5-3-10(18)6-12(14)15(20)19-11-4-2-9(8-17)13(16)7-11/h2-7H,18H2,1H3,(H,19,20). The normalized spacial score (nSPS) is 9.76. The van der Waals surface area contributed by atoms with E-state index in [-0.39, 0.29) is 10.9 Å². The van der Waals surface area contributed by atoms with Crippen LogP contribution in [0, 0.1) is 11.3 Å². The van der Waals surface area contributed by atoms with E-state index in [0.717, 1.165) is 0 Å². The van der Waals surface area contributed by atoms with Crippen LogP contribution < -0.4 is 15.8 Å². The number of halogens is 1. The lowest BCUT2D eigenvalue weighted by molar-refractivity contribution is 0.102. The molecule has 6 heteroatoms. The van der Waals surface area contributed by atoms with Crippen molar-refractivity contribution < 1.29 is 9.53 Å². The van der Waals surface area contributed by atoms with Crippen molar-refractivity contribution in [3.05, 3.63) is 52.5 Å². The van der Waals surface area contributed by atoms with Gasteiger partial charge < -0.3 is 15.8 Å². The highest BCUT2D eigenvalue weighted by Crippen LogP contribution is 2.24. The fourth-order valence-corrected chi connectivity index (χ4v) is 2.01. The molecule has 0 aliphatic carbocycles. The van der Waals surface area contributed by atoms with Gasteiger partial charge in [-0.1, -0.05) is 11.6 Å². The molecule has 0 bridgehead atoms. The minimum Gasteiger partial charge on any atom is -0.496 e. The molecule has 0 saturated carbocycles. The lowest BCUT2D eigenvalue weighted by Crippen LogP contribution is -2.13. The summed E-state index contributed by atoms with van der Waals surface area (Å²) < 4.78 is 5.13. The summed E-state index contributed by atoms with van der Waals surface area (Å²) in [7, 11) is 1.47. The van der Waals surface area contributed by atoms with Gasteiger partial charge in [0.25, 0.3) is 5.91 Å². The third kappa shape index (κ3) is 3.25. The van der Waals surface area contributed by atoms with E-state index < -0.39 is 0 Å². The molecule has 0 saturated heterocycles. The van der Waals surface area contributed by atoms with Crippen LogP contribution in [-0.4, -0.2) is 13.0 Å². The number of carbonyl (C=O) groups is 1. The Balaban J connectivity index is 2.28. The van der Waals surface area contributed by atoms with E-state index in [1.54, 1.807) is 18.2 Å². The van der Waals surface area contributed by atoms with E-state index in [9.17, 15) is 4.79 Å². The first kappa shape index (κ1) is 14.7. The van der Waals surface area contributed by atoms with Gasteiger partial charge in [-0.2, -0.15) is 5.26 Å². The Kier molecular flexibility index (Phi) is 4.31. The van der Waals surface area contributed by atoms with E-state index in [0.29, 0.717) is 28.3 Å². The van der Waals surface area contributed by atoms with Crippen LogP contribution >= 0.6 is 11.6 Å². The average Bonchev–Trinajstić information content (AvgIpc) is 2.47. The summed E-state index contributed by atoms with van der Waals surface area (Å²) in [5.74, 6) is 0.0429. The van der Waals surface area contributed by atoms with E-state index in [4.69, 9.17) is 27.3 Å². The Bertz CT molecular complexity index is 738. The van der Waals surface area contributed by atoms with Gasteiger partial charge >= 0.3 is 0 Å². The molecule has 2 aromatic carbocycles. The topological polar surface area (TPSA) is 88.1 Å². The number of methoxy groups -OCH3 is 1. The van der Waals surface area contributed by atoms with Crippen LogP contribution in [0.4, 0.5) is 11.4 Å². The summed E-state index contributed by atoms with van der Waals surface area (Å²) in [6, 6.07) is 11.4. The molecule has 0 aromatic heterocycles. The van der Waals surface area contributed by atoms with Crippen molar-refractivity contribution in [3.63, 3.8) is 0 Å². The van der Waals surface area contributed by atoms with Crippen molar-refractivity contribution in [2.24, 2.45) is 0 Å². The lowest BCUT2D eigenvalue weighted by Gasteiger charge is -2.10. The van der Waals surface area contributed by atoms with Crippen molar-refractivity contribution in [1.29, 1.82) is 5.26 Å². The summed E-state index contributed by atoms with van der Waals surface area (Å²) >= 11 is 5.92. The zero-order valence-electron chi connectivity index (χ0n) is 11.2. The first-order valence-corrected chi connectivity index (χ1v) is 6.37. The minimum atomic E-state index is -0.375. The fraction of sp³-hybridized carbons (Fsp3) is 0.0667. The largest absolute Gasteiger partial charge is 0.496 e. The highest BCUT2D eigenvalue weighted by atomic mass is 35.5. The van der Waals surface area contributed by atoms with Gasteiger partial charge in [0.05, 0.1) is 23.3 Å². The zero-order chi connectivity index (χ0) is 15.4. The molecule has 0 aliphatic heterocycles. The van der Waals surface area contributed by atoms with Crippen LogP contribution in [0.1, 0.15) is 15.9 Å².